The van der Waals surface area contributed by atoms with Gasteiger partial charge < -0.3 is 15.4 Å². The molecule has 0 radical (unpaired) electrons. The standard InChI is InChI=1S/C21H29N7O4/c1-20(2,3)17(30)22-14-10-8-13(9-11-14)16-24-26-18(27-25-16)28(7)15(29)12-32-19(31)23-21(4,5)6/h8-11H,12H2,1-7H3,(H,22,30)(H,23,31). The minimum atomic E-state index is -0.700. The van der Waals surface area contributed by atoms with Crippen molar-refractivity contribution in [2.45, 2.75) is 47.1 Å². The summed E-state index contributed by atoms with van der Waals surface area (Å²) in [5.41, 5.74) is 0.305. The number of nitrogens with zero attached hydrogens (tertiary/aromatic N) is 5. The predicted octanol–water partition coefficient (Wildman–Crippen LogP) is 2.41. The van der Waals surface area contributed by atoms with Crippen LogP contribution in [-0.2, 0) is 14.3 Å². The summed E-state index contributed by atoms with van der Waals surface area (Å²) in [6, 6.07) is 6.91. The molecular weight excluding hydrogens is 414 g/mol. The van der Waals surface area contributed by atoms with Gasteiger partial charge in [0.15, 0.2) is 6.61 Å². The van der Waals surface area contributed by atoms with Gasteiger partial charge in [-0.1, -0.05) is 20.8 Å². The number of carbonyl (C=O) groups is 3. The Bertz CT molecular complexity index is 962. The van der Waals surface area contributed by atoms with Gasteiger partial charge in [0.1, 0.15) is 0 Å². The van der Waals surface area contributed by atoms with Crippen LogP contribution in [0.25, 0.3) is 11.4 Å². The van der Waals surface area contributed by atoms with Crippen molar-refractivity contribution in [3.8, 4) is 11.4 Å². The molecule has 0 bridgehead atoms. The first-order valence-electron chi connectivity index (χ1n) is 9.97. The summed E-state index contributed by atoms with van der Waals surface area (Å²) in [4.78, 5) is 37.1. The normalized spacial score (nSPS) is 11.5. The van der Waals surface area contributed by atoms with Crippen molar-refractivity contribution in [1.82, 2.24) is 25.7 Å². The van der Waals surface area contributed by atoms with Gasteiger partial charge in [-0.2, -0.15) is 0 Å². The van der Waals surface area contributed by atoms with E-state index in [1.165, 1.54) is 7.05 Å². The first-order valence-corrected chi connectivity index (χ1v) is 9.97. The SMILES string of the molecule is CN(C(=O)COC(=O)NC(C)(C)C)c1nnc(-c2ccc(NC(=O)C(C)(C)C)cc2)nn1. The quantitative estimate of drug-likeness (QED) is 0.718. The Morgan fingerprint density at radius 1 is 0.938 bits per heavy atom. The molecule has 2 rings (SSSR count). The maximum absolute atomic E-state index is 12.2. The number of benzene rings is 1. The van der Waals surface area contributed by atoms with Gasteiger partial charge in [-0.15, -0.1) is 20.4 Å². The molecule has 0 aliphatic heterocycles. The summed E-state index contributed by atoms with van der Waals surface area (Å²) in [5.74, 6) is -0.414. The van der Waals surface area contributed by atoms with Crippen LogP contribution in [0, 0.1) is 5.41 Å². The number of ether oxygens (including phenoxy) is 1. The van der Waals surface area contributed by atoms with E-state index in [9.17, 15) is 14.4 Å². The Balaban J connectivity index is 1.98. The molecule has 0 aliphatic carbocycles. The van der Waals surface area contributed by atoms with Gasteiger partial charge in [0.05, 0.1) is 0 Å². The van der Waals surface area contributed by atoms with Crippen LogP contribution >= 0.6 is 0 Å². The van der Waals surface area contributed by atoms with Crippen molar-refractivity contribution in [1.29, 1.82) is 0 Å². The van der Waals surface area contributed by atoms with E-state index in [2.05, 4.69) is 31.0 Å². The van der Waals surface area contributed by atoms with Crippen LogP contribution in [0.2, 0.25) is 0 Å². The Kier molecular flexibility index (Phi) is 7.44. The number of carbonyl (C=O) groups excluding carboxylic acids is 3. The lowest BCUT2D eigenvalue weighted by Gasteiger charge is -2.20. The first kappa shape index (κ1) is 24.6. The highest BCUT2D eigenvalue weighted by Crippen LogP contribution is 2.20. The number of anilines is 2. The van der Waals surface area contributed by atoms with E-state index in [0.717, 1.165) is 4.90 Å². The first-order chi connectivity index (χ1) is 14.8. The average molecular weight is 444 g/mol. The number of nitrogens with one attached hydrogen (secondary N) is 2. The highest BCUT2D eigenvalue weighted by Gasteiger charge is 2.22. The van der Waals surface area contributed by atoms with E-state index in [0.29, 0.717) is 11.3 Å². The second-order valence-corrected chi connectivity index (χ2v) is 9.21. The fourth-order valence-electron chi connectivity index (χ4n) is 2.17. The molecule has 1 aromatic carbocycles. The summed E-state index contributed by atoms with van der Waals surface area (Å²) >= 11 is 0. The topological polar surface area (TPSA) is 139 Å². The van der Waals surface area contributed by atoms with E-state index >= 15 is 0 Å². The highest BCUT2D eigenvalue weighted by atomic mass is 16.6. The average Bonchev–Trinajstić information content (AvgIpc) is 2.70. The van der Waals surface area contributed by atoms with Crippen LogP contribution in [0.5, 0.6) is 0 Å². The molecule has 172 valence electrons. The Labute approximate surface area is 187 Å². The van der Waals surface area contributed by atoms with Crippen LogP contribution in [0.1, 0.15) is 41.5 Å². The molecule has 0 saturated carbocycles. The zero-order valence-electron chi connectivity index (χ0n) is 19.4. The molecule has 2 aromatic rings. The van der Waals surface area contributed by atoms with Gasteiger partial charge in [0, 0.05) is 29.3 Å². The zero-order chi connectivity index (χ0) is 24.1. The molecule has 1 aromatic heterocycles. The van der Waals surface area contributed by atoms with E-state index in [-0.39, 0.29) is 17.7 Å². The Morgan fingerprint density at radius 3 is 2.00 bits per heavy atom. The molecule has 11 nitrogen and oxygen atoms in total. The predicted molar refractivity (Wildman–Crippen MR) is 119 cm³/mol. The van der Waals surface area contributed by atoms with E-state index in [1.807, 2.05) is 20.8 Å². The molecule has 32 heavy (non-hydrogen) atoms. The number of rotatable bonds is 5. The monoisotopic (exact) mass is 443 g/mol. The molecule has 0 spiro atoms. The molecule has 1 heterocycles. The lowest BCUT2D eigenvalue weighted by molar-refractivity contribution is -0.123. The Hall–Kier alpha value is -3.63. The second-order valence-electron chi connectivity index (χ2n) is 9.21. The minimum absolute atomic E-state index is 0.0346. The molecule has 2 N–H and O–H groups in total. The fraction of sp³-hybridized carbons (Fsp3) is 0.476. The molecule has 0 unspecified atom stereocenters. The third kappa shape index (κ3) is 7.25. The second kappa shape index (κ2) is 9.67. The van der Waals surface area contributed by atoms with Crippen molar-refractivity contribution in [3.63, 3.8) is 0 Å². The van der Waals surface area contributed by atoms with Crippen LogP contribution in [0.15, 0.2) is 24.3 Å². The van der Waals surface area contributed by atoms with Gasteiger partial charge in [0.2, 0.25) is 11.7 Å². The van der Waals surface area contributed by atoms with Crippen LogP contribution in [0.4, 0.5) is 16.4 Å². The highest BCUT2D eigenvalue weighted by molar-refractivity contribution is 5.94. The zero-order valence-corrected chi connectivity index (χ0v) is 19.4. The number of likely N-dealkylation sites (N-methyl/N-ethyl adjacent to an activating group) is 1. The maximum atomic E-state index is 12.2. The van der Waals surface area contributed by atoms with E-state index in [1.54, 1.807) is 45.0 Å². The number of alkyl carbamates (subject to hydrolysis) is 1. The fourth-order valence-corrected chi connectivity index (χ4v) is 2.17. The lowest BCUT2D eigenvalue weighted by Crippen LogP contribution is -2.42. The van der Waals surface area contributed by atoms with Crippen LogP contribution in [-0.4, -0.2) is 57.5 Å². The van der Waals surface area contributed by atoms with Crippen molar-refractivity contribution in [2.24, 2.45) is 5.41 Å². The van der Waals surface area contributed by atoms with Gasteiger partial charge >= 0.3 is 6.09 Å². The Morgan fingerprint density at radius 2 is 1.50 bits per heavy atom. The molecule has 0 atom stereocenters. The third-order valence-corrected chi connectivity index (χ3v) is 4.03. The number of amides is 3. The van der Waals surface area contributed by atoms with Crippen molar-refractivity contribution in [2.75, 3.05) is 23.9 Å². The maximum Gasteiger partial charge on any atom is 0.408 e. The lowest BCUT2D eigenvalue weighted by atomic mass is 9.95. The van der Waals surface area contributed by atoms with E-state index < -0.39 is 29.6 Å². The molecular formula is C21H29N7O4. The summed E-state index contributed by atoms with van der Waals surface area (Å²) < 4.78 is 4.91. The van der Waals surface area contributed by atoms with Crippen molar-refractivity contribution < 1.29 is 19.1 Å². The van der Waals surface area contributed by atoms with Gasteiger partial charge in [-0.05, 0) is 45.0 Å². The number of hydrogen-bond acceptors (Lipinski definition) is 8. The third-order valence-electron chi connectivity index (χ3n) is 4.03. The smallest absolute Gasteiger partial charge is 0.408 e. The van der Waals surface area contributed by atoms with E-state index in [4.69, 9.17) is 4.74 Å². The summed E-state index contributed by atoms with van der Waals surface area (Å²) in [6.45, 7) is 10.4. The number of hydrogen-bond donors (Lipinski definition) is 2. The summed E-state index contributed by atoms with van der Waals surface area (Å²) in [7, 11) is 1.43. The minimum Gasteiger partial charge on any atom is -0.439 e. The van der Waals surface area contributed by atoms with Crippen LogP contribution < -0.4 is 15.5 Å². The molecule has 0 saturated heterocycles. The molecule has 3 amide bonds. The largest absolute Gasteiger partial charge is 0.439 e. The number of aromatic nitrogens is 4. The molecule has 0 aliphatic rings. The summed E-state index contributed by atoms with van der Waals surface area (Å²) in [5, 5.41) is 21.3. The van der Waals surface area contributed by atoms with Crippen molar-refractivity contribution in [3.05, 3.63) is 24.3 Å². The van der Waals surface area contributed by atoms with Crippen LogP contribution in [0.3, 0.4) is 0 Å². The van der Waals surface area contributed by atoms with Gasteiger partial charge in [-0.3, -0.25) is 14.5 Å². The summed E-state index contributed by atoms with van der Waals surface area (Å²) in [6.07, 6.45) is -0.700. The molecule has 11 heteroatoms. The molecule has 0 fully saturated rings. The van der Waals surface area contributed by atoms with Crippen molar-refractivity contribution >= 4 is 29.5 Å². The van der Waals surface area contributed by atoms with Gasteiger partial charge in [0.25, 0.3) is 11.9 Å². The van der Waals surface area contributed by atoms with Gasteiger partial charge in [-0.25, -0.2) is 4.79 Å².